The standard InChI is InChI=1S/C17H20N2O2/c1-12-15(13(2)21-19-12)11-16(20)18-17(9-6-10-17)14-7-4-3-5-8-14/h3-5,7-8H,6,9-11H2,1-2H3,(H,18,20). The van der Waals surface area contributed by atoms with Crippen molar-refractivity contribution in [2.75, 3.05) is 0 Å². The predicted octanol–water partition coefficient (Wildman–Crippen LogP) is 3.03. The third kappa shape index (κ3) is 2.58. The summed E-state index contributed by atoms with van der Waals surface area (Å²) < 4.78 is 5.12. The lowest BCUT2D eigenvalue weighted by Gasteiger charge is -2.43. The predicted molar refractivity (Wildman–Crippen MR) is 79.8 cm³/mol. The van der Waals surface area contributed by atoms with Crippen molar-refractivity contribution >= 4 is 5.91 Å². The van der Waals surface area contributed by atoms with Crippen molar-refractivity contribution in [2.24, 2.45) is 0 Å². The number of nitrogens with one attached hydrogen (secondary N) is 1. The number of hydrogen-bond acceptors (Lipinski definition) is 3. The lowest BCUT2D eigenvalue weighted by molar-refractivity contribution is -0.123. The Labute approximate surface area is 124 Å². The number of nitrogens with zero attached hydrogens (tertiary/aromatic N) is 1. The number of benzene rings is 1. The molecule has 0 atom stereocenters. The van der Waals surface area contributed by atoms with Crippen LogP contribution in [0.4, 0.5) is 0 Å². The lowest BCUT2D eigenvalue weighted by Crippen LogP contribution is -2.51. The summed E-state index contributed by atoms with van der Waals surface area (Å²) in [6.07, 6.45) is 3.49. The fourth-order valence-electron chi connectivity index (χ4n) is 3.00. The average molecular weight is 284 g/mol. The Morgan fingerprint density at radius 3 is 2.52 bits per heavy atom. The summed E-state index contributed by atoms with van der Waals surface area (Å²) >= 11 is 0. The lowest BCUT2D eigenvalue weighted by atomic mass is 9.71. The van der Waals surface area contributed by atoms with Gasteiger partial charge >= 0.3 is 0 Å². The molecule has 0 spiro atoms. The molecule has 21 heavy (non-hydrogen) atoms. The zero-order valence-corrected chi connectivity index (χ0v) is 12.5. The van der Waals surface area contributed by atoms with E-state index in [0.717, 1.165) is 36.3 Å². The van der Waals surface area contributed by atoms with Gasteiger partial charge in [0.25, 0.3) is 0 Å². The highest BCUT2D eigenvalue weighted by Crippen LogP contribution is 2.41. The monoisotopic (exact) mass is 284 g/mol. The van der Waals surface area contributed by atoms with E-state index < -0.39 is 0 Å². The van der Waals surface area contributed by atoms with Crippen LogP contribution in [0, 0.1) is 13.8 Å². The summed E-state index contributed by atoms with van der Waals surface area (Å²) in [5.41, 5.74) is 2.71. The zero-order valence-electron chi connectivity index (χ0n) is 12.5. The molecule has 110 valence electrons. The quantitative estimate of drug-likeness (QED) is 0.939. The van der Waals surface area contributed by atoms with E-state index in [2.05, 4.69) is 22.6 Å². The first-order valence-electron chi connectivity index (χ1n) is 7.39. The Morgan fingerprint density at radius 1 is 1.29 bits per heavy atom. The molecule has 1 aliphatic rings. The van der Waals surface area contributed by atoms with E-state index in [1.54, 1.807) is 0 Å². The van der Waals surface area contributed by atoms with Gasteiger partial charge in [-0.05, 0) is 38.7 Å². The molecule has 1 aromatic carbocycles. The minimum Gasteiger partial charge on any atom is -0.361 e. The Hall–Kier alpha value is -2.10. The van der Waals surface area contributed by atoms with Crippen LogP contribution >= 0.6 is 0 Å². The molecule has 0 unspecified atom stereocenters. The van der Waals surface area contributed by atoms with Crippen molar-refractivity contribution in [2.45, 2.75) is 45.1 Å². The van der Waals surface area contributed by atoms with E-state index in [1.165, 1.54) is 5.56 Å². The second-order valence-corrected chi connectivity index (χ2v) is 5.83. The van der Waals surface area contributed by atoms with Crippen LogP contribution in [0.2, 0.25) is 0 Å². The molecule has 0 bridgehead atoms. The van der Waals surface area contributed by atoms with Gasteiger partial charge in [-0.2, -0.15) is 0 Å². The molecule has 4 nitrogen and oxygen atoms in total. The second-order valence-electron chi connectivity index (χ2n) is 5.83. The van der Waals surface area contributed by atoms with Crippen LogP contribution in [0.15, 0.2) is 34.9 Å². The van der Waals surface area contributed by atoms with Gasteiger partial charge in [0.15, 0.2) is 0 Å². The third-order valence-electron chi connectivity index (χ3n) is 4.43. The van der Waals surface area contributed by atoms with E-state index in [1.807, 2.05) is 32.0 Å². The van der Waals surface area contributed by atoms with Crippen LogP contribution < -0.4 is 5.32 Å². The molecular formula is C17H20N2O2. The Morgan fingerprint density at radius 2 is 2.00 bits per heavy atom. The van der Waals surface area contributed by atoms with Gasteiger partial charge in [0.1, 0.15) is 5.76 Å². The Kier molecular flexibility index (Phi) is 3.53. The van der Waals surface area contributed by atoms with Gasteiger partial charge in [0.2, 0.25) is 5.91 Å². The number of aryl methyl sites for hydroxylation is 2. The first-order valence-corrected chi connectivity index (χ1v) is 7.39. The molecule has 1 heterocycles. The third-order valence-corrected chi connectivity index (χ3v) is 4.43. The average Bonchev–Trinajstić information content (AvgIpc) is 2.76. The molecular weight excluding hydrogens is 264 g/mol. The smallest absolute Gasteiger partial charge is 0.225 e. The van der Waals surface area contributed by atoms with Gasteiger partial charge in [0.05, 0.1) is 17.7 Å². The molecule has 1 amide bonds. The highest BCUT2D eigenvalue weighted by molar-refractivity contribution is 5.80. The van der Waals surface area contributed by atoms with Crippen LogP contribution in [0.3, 0.4) is 0 Å². The number of aromatic nitrogens is 1. The van der Waals surface area contributed by atoms with Gasteiger partial charge in [-0.3, -0.25) is 4.79 Å². The zero-order chi connectivity index (χ0) is 14.9. The summed E-state index contributed by atoms with van der Waals surface area (Å²) in [7, 11) is 0. The van der Waals surface area contributed by atoms with Crippen LogP contribution in [0.5, 0.6) is 0 Å². The highest BCUT2D eigenvalue weighted by atomic mass is 16.5. The van der Waals surface area contributed by atoms with Crippen molar-refractivity contribution in [1.29, 1.82) is 0 Å². The van der Waals surface area contributed by atoms with Crippen molar-refractivity contribution < 1.29 is 9.32 Å². The maximum absolute atomic E-state index is 12.4. The van der Waals surface area contributed by atoms with Gasteiger partial charge in [0, 0.05) is 5.56 Å². The van der Waals surface area contributed by atoms with Gasteiger partial charge in [-0.25, -0.2) is 0 Å². The van der Waals surface area contributed by atoms with Crippen LogP contribution in [0.25, 0.3) is 0 Å². The fraction of sp³-hybridized carbons (Fsp3) is 0.412. The summed E-state index contributed by atoms with van der Waals surface area (Å²) in [6, 6.07) is 10.2. The maximum Gasteiger partial charge on any atom is 0.225 e. The van der Waals surface area contributed by atoms with E-state index in [9.17, 15) is 4.79 Å². The molecule has 2 aromatic rings. The number of carbonyl (C=O) groups is 1. The topological polar surface area (TPSA) is 55.1 Å². The molecule has 1 aliphatic carbocycles. The molecule has 0 saturated heterocycles. The van der Waals surface area contributed by atoms with Crippen LogP contribution in [0.1, 0.15) is 41.8 Å². The summed E-state index contributed by atoms with van der Waals surface area (Å²) in [5.74, 6) is 0.762. The number of rotatable bonds is 4. The normalized spacial score (nSPS) is 16.3. The summed E-state index contributed by atoms with van der Waals surface area (Å²) in [4.78, 5) is 12.4. The van der Waals surface area contributed by atoms with Crippen LogP contribution in [-0.4, -0.2) is 11.1 Å². The fourth-order valence-corrected chi connectivity index (χ4v) is 3.00. The minimum atomic E-state index is -0.183. The Bertz CT molecular complexity index is 623. The number of carbonyl (C=O) groups excluding carboxylic acids is 1. The maximum atomic E-state index is 12.4. The van der Waals surface area contributed by atoms with E-state index >= 15 is 0 Å². The number of hydrogen-bond donors (Lipinski definition) is 1. The Balaban J connectivity index is 1.75. The second kappa shape index (κ2) is 5.35. The first kappa shape index (κ1) is 13.9. The largest absolute Gasteiger partial charge is 0.361 e. The molecule has 1 aromatic heterocycles. The van der Waals surface area contributed by atoms with Crippen molar-refractivity contribution in [1.82, 2.24) is 10.5 Å². The molecule has 1 N–H and O–H groups in total. The first-order chi connectivity index (χ1) is 10.1. The highest BCUT2D eigenvalue weighted by Gasteiger charge is 2.39. The number of amides is 1. The van der Waals surface area contributed by atoms with E-state index in [0.29, 0.717) is 6.42 Å². The van der Waals surface area contributed by atoms with Gasteiger partial charge in [-0.15, -0.1) is 0 Å². The molecule has 1 saturated carbocycles. The molecule has 4 heteroatoms. The van der Waals surface area contributed by atoms with Gasteiger partial charge in [-0.1, -0.05) is 35.5 Å². The van der Waals surface area contributed by atoms with Crippen LogP contribution in [-0.2, 0) is 16.8 Å². The summed E-state index contributed by atoms with van der Waals surface area (Å²) in [6.45, 7) is 3.72. The molecule has 1 fully saturated rings. The SMILES string of the molecule is Cc1noc(C)c1CC(=O)NC1(c2ccccc2)CCC1. The van der Waals surface area contributed by atoms with E-state index in [4.69, 9.17) is 4.52 Å². The summed E-state index contributed by atoms with van der Waals surface area (Å²) in [5, 5.41) is 7.13. The van der Waals surface area contributed by atoms with Crippen molar-refractivity contribution in [3.05, 3.63) is 52.9 Å². The molecule has 0 aliphatic heterocycles. The van der Waals surface area contributed by atoms with Gasteiger partial charge < -0.3 is 9.84 Å². The molecule has 0 radical (unpaired) electrons. The minimum absolute atomic E-state index is 0.0351. The molecule has 3 rings (SSSR count). The van der Waals surface area contributed by atoms with E-state index in [-0.39, 0.29) is 11.4 Å². The van der Waals surface area contributed by atoms with Crippen molar-refractivity contribution in [3.8, 4) is 0 Å². The van der Waals surface area contributed by atoms with Crippen molar-refractivity contribution in [3.63, 3.8) is 0 Å².